The van der Waals surface area contributed by atoms with Crippen molar-refractivity contribution < 1.29 is 0 Å². The van der Waals surface area contributed by atoms with Gasteiger partial charge in [-0.2, -0.15) is 5.10 Å². The molecule has 0 unspecified atom stereocenters. The number of rotatable bonds is 3. The number of anilines is 1. The molecule has 1 aromatic heterocycles. The molecular weight excluding hydrogens is 266 g/mol. The smallest absolute Gasteiger partial charge is 0.160 e. The summed E-state index contributed by atoms with van der Waals surface area (Å²) in [6.45, 7) is 0. The van der Waals surface area contributed by atoms with E-state index in [1.54, 1.807) is 12.4 Å². The number of hydrogen-bond donors (Lipinski definition) is 1. The Balaban J connectivity index is 2.03. The van der Waals surface area contributed by atoms with E-state index in [1.807, 2.05) is 42.5 Å². The maximum atomic E-state index is 4.14. The molecule has 1 heterocycles. The molecule has 0 fully saturated rings. The van der Waals surface area contributed by atoms with Crippen LogP contribution in [-0.4, -0.2) is 11.2 Å². The lowest BCUT2D eigenvalue weighted by Crippen LogP contribution is -1.93. The van der Waals surface area contributed by atoms with E-state index in [-0.39, 0.29) is 0 Å². The van der Waals surface area contributed by atoms with E-state index < -0.39 is 0 Å². The van der Waals surface area contributed by atoms with E-state index >= 15 is 0 Å². The van der Waals surface area contributed by atoms with Gasteiger partial charge in [0.1, 0.15) is 0 Å². The Morgan fingerprint density at radius 2 is 1.94 bits per heavy atom. The van der Waals surface area contributed by atoms with Crippen LogP contribution >= 0.6 is 15.9 Å². The molecule has 0 aliphatic carbocycles. The predicted molar refractivity (Wildman–Crippen MR) is 69.6 cm³/mol. The van der Waals surface area contributed by atoms with Gasteiger partial charge in [-0.15, -0.1) is 0 Å². The molecule has 0 aliphatic heterocycles. The highest BCUT2D eigenvalue weighted by Crippen LogP contribution is 2.17. The van der Waals surface area contributed by atoms with Gasteiger partial charge in [-0.3, -0.25) is 5.43 Å². The van der Waals surface area contributed by atoms with Gasteiger partial charge < -0.3 is 0 Å². The predicted octanol–water partition coefficient (Wildman–Crippen LogP) is 3.29. The summed E-state index contributed by atoms with van der Waals surface area (Å²) in [6, 6.07) is 13.6. The Labute approximate surface area is 102 Å². The second kappa shape index (κ2) is 5.42. The highest BCUT2D eigenvalue weighted by atomic mass is 79.9. The third-order valence-corrected chi connectivity index (χ3v) is 2.58. The van der Waals surface area contributed by atoms with Gasteiger partial charge in [0, 0.05) is 6.20 Å². The standard InChI is InChI=1S/C12H10BrN3/c13-11-7-4-8-14-12(11)16-15-9-10-5-2-1-3-6-10/h1-9H,(H,14,16). The SMILES string of the molecule is Brc1cccnc1NN=Cc1ccccc1. The zero-order chi connectivity index (χ0) is 11.2. The van der Waals surface area contributed by atoms with Crippen molar-refractivity contribution in [2.45, 2.75) is 0 Å². The molecule has 0 radical (unpaired) electrons. The van der Waals surface area contributed by atoms with Crippen molar-refractivity contribution in [3.63, 3.8) is 0 Å². The average Bonchev–Trinajstić information content (AvgIpc) is 2.33. The van der Waals surface area contributed by atoms with Crippen LogP contribution in [0.1, 0.15) is 5.56 Å². The number of pyridine rings is 1. The summed E-state index contributed by atoms with van der Waals surface area (Å²) in [5, 5.41) is 4.11. The van der Waals surface area contributed by atoms with E-state index in [0.717, 1.165) is 10.0 Å². The Kier molecular flexibility index (Phi) is 3.66. The third kappa shape index (κ3) is 2.90. The molecule has 1 aromatic carbocycles. The highest BCUT2D eigenvalue weighted by molar-refractivity contribution is 9.10. The molecule has 2 aromatic rings. The molecule has 2 rings (SSSR count). The molecule has 0 spiro atoms. The minimum Gasteiger partial charge on any atom is -0.260 e. The number of hydrogen-bond acceptors (Lipinski definition) is 3. The van der Waals surface area contributed by atoms with Gasteiger partial charge in [0.15, 0.2) is 5.82 Å². The molecule has 1 N–H and O–H groups in total. The first kappa shape index (κ1) is 10.8. The number of benzene rings is 1. The van der Waals surface area contributed by atoms with Gasteiger partial charge in [-0.25, -0.2) is 4.98 Å². The van der Waals surface area contributed by atoms with Crippen LogP contribution in [0.4, 0.5) is 5.82 Å². The molecule has 4 heteroatoms. The van der Waals surface area contributed by atoms with Gasteiger partial charge >= 0.3 is 0 Å². The molecule has 3 nitrogen and oxygen atoms in total. The van der Waals surface area contributed by atoms with Gasteiger partial charge in [0.25, 0.3) is 0 Å². The summed E-state index contributed by atoms with van der Waals surface area (Å²) in [7, 11) is 0. The Hall–Kier alpha value is -1.68. The third-order valence-electron chi connectivity index (χ3n) is 1.94. The van der Waals surface area contributed by atoms with E-state index in [9.17, 15) is 0 Å². The molecule has 0 saturated carbocycles. The monoisotopic (exact) mass is 275 g/mol. The zero-order valence-electron chi connectivity index (χ0n) is 8.47. The van der Waals surface area contributed by atoms with Crippen LogP contribution in [0, 0.1) is 0 Å². The number of halogens is 1. The van der Waals surface area contributed by atoms with Crippen LogP contribution in [0.15, 0.2) is 58.2 Å². The lowest BCUT2D eigenvalue weighted by Gasteiger charge is -2.00. The highest BCUT2D eigenvalue weighted by Gasteiger charge is 1.95. The molecule has 0 atom stereocenters. The summed E-state index contributed by atoms with van der Waals surface area (Å²) < 4.78 is 0.889. The van der Waals surface area contributed by atoms with Crippen LogP contribution in [0.5, 0.6) is 0 Å². The number of aromatic nitrogens is 1. The van der Waals surface area contributed by atoms with Crippen LogP contribution < -0.4 is 5.43 Å². The Morgan fingerprint density at radius 1 is 1.12 bits per heavy atom. The minimum atomic E-state index is 0.703. The minimum absolute atomic E-state index is 0.703. The average molecular weight is 276 g/mol. The van der Waals surface area contributed by atoms with E-state index in [0.29, 0.717) is 5.82 Å². The molecule has 0 aliphatic rings. The topological polar surface area (TPSA) is 37.3 Å². The van der Waals surface area contributed by atoms with Gasteiger partial charge in [-0.05, 0) is 33.6 Å². The summed E-state index contributed by atoms with van der Waals surface area (Å²) in [5.74, 6) is 0.703. The fourth-order valence-electron chi connectivity index (χ4n) is 1.18. The lowest BCUT2D eigenvalue weighted by molar-refractivity contribution is 1.22. The summed E-state index contributed by atoms with van der Waals surface area (Å²) in [4.78, 5) is 4.14. The number of nitrogens with zero attached hydrogens (tertiary/aromatic N) is 2. The van der Waals surface area contributed by atoms with Crippen LogP contribution in [0.3, 0.4) is 0 Å². The second-order valence-electron chi connectivity index (χ2n) is 3.11. The molecule has 0 amide bonds. The van der Waals surface area contributed by atoms with Crippen molar-refractivity contribution in [3.05, 3.63) is 58.7 Å². The Morgan fingerprint density at radius 3 is 2.69 bits per heavy atom. The fraction of sp³-hybridized carbons (Fsp3) is 0. The van der Waals surface area contributed by atoms with Crippen molar-refractivity contribution in [1.82, 2.24) is 4.98 Å². The molecule has 80 valence electrons. The van der Waals surface area contributed by atoms with Gasteiger partial charge in [0.2, 0.25) is 0 Å². The maximum absolute atomic E-state index is 4.14. The summed E-state index contributed by atoms with van der Waals surface area (Å²) in [5.41, 5.74) is 3.92. The lowest BCUT2D eigenvalue weighted by atomic mass is 10.2. The summed E-state index contributed by atoms with van der Waals surface area (Å²) in [6.07, 6.45) is 3.46. The maximum Gasteiger partial charge on any atom is 0.160 e. The zero-order valence-corrected chi connectivity index (χ0v) is 10.1. The van der Waals surface area contributed by atoms with Gasteiger partial charge in [0.05, 0.1) is 10.7 Å². The van der Waals surface area contributed by atoms with E-state index in [1.165, 1.54) is 0 Å². The van der Waals surface area contributed by atoms with Crippen molar-refractivity contribution in [3.8, 4) is 0 Å². The van der Waals surface area contributed by atoms with Crippen molar-refractivity contribution in [2.24, 2.45) is 5.10 Å². The van der Waals surface area contributed by atoms with Crippen molar-refractivity contribution in [2.75, 3.05) is 5.43 Å². The first-order valence-electron chi connectivity index (χ1n) is 4.81. The van der Waals surface area contributed by atoms with Crippen LogP contribution in [-0.2, 0) is 0 Å². The summed E-state index contributed by atoms with van der Waals surface area (Å²) >= 11 is 3.38. The van der Waals surface area contributed by atoms with Gasteiger partial charge in [-0.1, -0.05) is 30.3 Å². The quantitative estimate of drug-likeness (QED) is 0.690. The second-order valence-corrected chi connectivity index (χ2v) is 3.97. The van der Waals surface area contributed by atoms with E-state index in [4.69, 9.17) is 0 Å². The van der Waals surface area contributed by atoms with Crippen LogP contribution in [0.25, 0.3) is 0 Å². The number of nitrogens with one attached hydrogen (secondary N) is 1. The number of hydrazone groups is 1. The van der Waals surface area contributed by atoms with E-state index in [2.05, 4.69) is 31.4 Å². The first-order valence-corrected chi connectivity index (χ1v) is 5.60. The largest absolute Gasteiger partial charge is 0.260 e. The molecule has 0 saturated heterocycles. The molecule has 16 heavy (non-hydrogen) atoms. The van der Waals surface area contributed by atoms with Crippen LogP contribution in [0.2, 0.25) is 0 Å². The first-order chi connectivity index (χ1) is 7.86. The van der Waals surface area contributed by atoms with Crippen molar-refractivity contribution in [1.29, 1.82) is 0 Å². The molecule has 0 bridgehead atoms. The molecular formula is C12H10BrN3. The normalized spacial score (nSPS) is 10.6. The van der Waals surface area contributed by atoms with Crippen molar-refractivity contribution >= 4 is 28.0 Å². The fourth-order valence-corrected chi connectivity index (χ4v) is 1.52. The Bertz CT molecular complexity index is 483.